The second kappa shape index (κ2) is 15.4. The van der Waals surface area contributed by atoms with E-state index in [0.29, 0.717) is 73.4 Å². The monoisotopic (exact) mass is 876 g/mol. The van der Waals surface area contributed by atoms with Crippen LogP contribution < -0.4 is 18.9 Å². The van der Waals surface area contributed by atoms with Gasteiger partial charge in [-0.2, -0.15) is 0 Å². The summed E-state index contributed by atoms with van der Waals surface area (Å²) >= 11 is 0. The second-order valence-corrected chi connectivity index (χ2v) is 21.3. The summed E-state index contributed by atoms with van der Waals surface area (Å²) in [6.07, 6.45) is 19.7. The number of likely N-dealkylation sites (tertiary alicyclic amines) is 2. The minimum atomic E-state index is -1.18. The Balaban J connectivity index is 0.624. The summed E-state index contributed by atoms with van der Waals surface area (Å²) in [5.41, 5.74) is 0.0933. The number of aliphatic hydroxyl groups excluding tert-OH is 2. The number of hydrogen-bond acceptors (Lipinski definition) is 12. The highest BCUT2D eigenvalue weighted by Crippen LogP contribution is 2.66. The van der Waals surface area contributed by atoms with E-state index in [-0.39, 0.29) is 36.9 Å². The molecule has 64 heavy (non-hydrogen) atoms. The number of benzene rings is 2. The fraction of sp³-hybridized carbons (Fsp3) is 0.654. The lowest BCUT2D eigenvalue weighted by Crippen LogP contribution is -2.75. The van der Waals surface area contributed by atoms with E-state index in [4.69, 9.17) is 18.9 Å². The lowest BCUT2D eigenvalue weighted by atomic mass is 9.50. The Morgan fingerprint density at radius 2 is 1.05 bits per heavy atom. The summed E-state index contributed by atoms with van der Waals surface area (Å²) in [7, 11) is 0. The summed E-state index contributed by atoms with van der Waals surface area (Å²) in [6, 6.07) is 7.53. The van der Waals surface area contributed by atoms with E-state index in [9.17, 15) is 30.0 Å². The number of piperidine rings is 2. The van der Waals surface area contributed by atoms with E-state index in [1.54, 1.807) is 12.2 Å². The number of carbonyl (C=O) groups is 2. The van der Waals surface area contributed by atoms with Crippen LogP contribution in [0, 0.1) is 11.8 Å². The van der Waals surface area contributed by atoms with Crippen molar-refractivity contribution >= 4 is 11.9 Å². The molecule has 12 rings (SSSR count). The molecule has 2 saturated heterocycles. The first-order chi connectivity index (χ1) is 31.0. The van der Waals surface area contributed by atoms with Gasteiger partial charge in [0.15, 0.2) is 23.0 Å². The van der Waals surface area contributed by atoms with Crippen molar-refractivity contribution in [3.8, 4) is 23.0 Å². The molecule has 4 heterocycles. The van der Waals surface area contributed by atoms with Crippen LogP contribution in [0.1, 0.15) is 125 Å². The SMILES string of the molecule is O=C(CCCCCCCCC(=O)Oc1ccc2c3c1OC1C(O)C=CC4(O)C(C2)N(CC2CCC2)CCC314)Oc1ccc2c3c1OC1C(O)C=CC4(O)C(C2)N(CC2CCC2)CCC314. The summed E-state index contributed by atoms with van der Waals surface area (Å²) in [5.74, 6) is 2.43. The molecule has 4 bridgehead atoms. The van der Waals surface area contributed by atoms with Crippen molar-refractivity contribution in [1.82, 2.24) is 9.80 Å². The molecule has 4 aliphatic heterocycles. The van der Waals surface area contributed by atoms with Gasteiger partial charge < -0.3 is 39.4 Å². The summed E-state index contributed by atoms with van der Waals surface area (Å²) in [5, 5.41) is 47.5. The van der Waals surface area contributed by atoms with E-state index >= 15 is 0 Å². The number of rotatable bonds is 15. The fourth-order valence-corrected chi connectivity index (χ4v) is 14.5. The van der Waals surface area contributed by atoms with Crippen LogP contribution in [0.5, 0.6) is 23.0 Å². The van der Waals surface area contributed by atoms with E-state index in [2.05, 4.69) is 9.80 Å². The number of unbranched alkanes of at least 4 members (excludes halogenated alkanes) is 5. The van der Waals surface area contributed by atoms with Crippen LogP contribution in [0.4, 0.5) is 0 Å². The Bertz CT molecular complexity index is 2130. The molecular formula is C52H64N2O10. The molecule has 0 aromatic heterocycles. The predicted molar refractivity (Wildman–Crippen MR) is 236 cm³/mol. The van der Waals surface area contributed by atoms with Gasteiger partial charge in [-0.3, -0.25) is 19.4 Å². The topological polar surface area (TPSA) is 158 Å². The lowest BCUT2D eigenvalue weighted by Gasteiger charge is -2.62. The molecule has 4 N–H and O–H groups in total. The highest BCUT2D eigenvalue weighted by molar-refractivity contribution is 5.76. The van der Waals surface area contributed by atoms with Crippen LogP contribution in [-0.4, -0.2) is 116 Å². The van der Waals surface area contributed by atoms with Crippen LogP contribution in [0.15, 0.2) is 48.6 Å². The molecule has 0 amide bonds. The van der Waals surface area contributed by atoms with Crippen molar-refractivity contribution < 1.29 is 49.0 Å². The number of aliphatic hydroxyl groups is 4. The number of carbonyl (C=O) groups excluding carboxylic acids is 2. The number of nitrogens with zero attached hydrogens (tertiary/aromatic N) is 2. The highest BCUT2D eigenvalue weighted by Gasteiger charge is 2.73. The van der Waals surface area contributed by atoms with E-state index in [0.717, 1.165) is 74.1 Å². The second-order valence-electron chi connectivity index (χ2n) is 21.3. The molecule has 12 heteroatoms. The zero-order chi connectivity index (χ0) is 43.6. The molecule has 0 radical (unpaired) electrons. The largest absolute Gasteiger partial charge is 0.482 e. The van der Waals surface area contributed by atoms with Gasteiger partial charge in [0.2, 0.25) is 0 Å². The van der Waals surface area contributed by atoms with Gasteiger partial charge in [-0.25, -0.2) is 0 Å². The number of esters is 2. The quantitative estimate of drug-likeness (QED) is 0.0773. The normalized spacial score (nSPS) is 37.2. The Morgan fingerprint density at radius 3 is 1.45 bits per heavy atom. The van der Waals surface area contributed by atoms with E-state index in [1.165, 1.54) is 38.5 Å². The van der Waals surface area contributed by atoms with E-state index in [1.807, 2.05) is 36.4 Å². The van der Waals surface area contributed by atoms with Crippen molar-refractivity contribution in [2.24, 2.45) is 11.8 Å². The standard InChI is InChI=1S/C52H64N2O10/c55-35-19-21-51(59)39-27-33-15-17-37(45-43(33)49(51,47(35)63-45)23-25-53(39)29-31-9-7-10-31)61-41(57)13-5-3-1-2-4-6-14-42(58)62-38-18-16-34-28-40-52(60)22-20-36(56)48-50(52,44(34)46(38)64-48)24-26-54(40)30-32-11-8-12-32/h15-22,31-32,35-36,39-40,47-48,55-56,59-60H,1-14,23-30H2. The molecule has 12 nitrogen and oxygen atoms in total. The first-order valence-electron chi connectivity index (χ1n) is 24.8. The van der Waals surface area contributed by atoms with Crippen LogP contribution in [0.3, 0.4) is 0 Å². The summed E-state index contributed by atoms with van der Waals surface area (Å²) in [6.45, 7) is 3.65. The highest BCUT2D eigenvalue weighted by atomic mass is 16.6. The number of hydrogen-bond donors (Lipinski definition) is 4. The Hall–Kier alpha value is -3.78. The van der Waals surface area contributed by atoms with Gasteiger partial charge in [-0.05, 0) is 112 Å². The van der Waals surface area contributed by atoms with Gasteiger partial charge in [0.25, 0.3) is 0 Å². The molecule has 342 valence electrons. The maximum Gasteiger partial charge on any atom is 0.311 e. The predicted octanol–water partition coefficient (Wildman–Crippen LogP) is 5.50. The minimum Gasteiger partial charge on any atom is -0.482 e. The molecule has 4 fully saturated rings. The zero-order valence-electron chi connectivity index (χ0n) is 36.9. The molecule has 10 aliphatic rings. The molecule has 2 spiro atoms. The average molecular weight is 877 g/mol. The van der Waals surface area contributed by atoms with Gasteiger partial charge in [-0.1, -0.05) is 75.0 Å². The van der Waals surface area contributed by atoms with Gasteiger partial charge >= 0.3 is 11.9 Å². The third-order valence-electron chi connectivity index (χ3n) is 18.1. The Morgan fingerprint density at radius 1 is 0.625 bits per heavy atom. The minimum absolute atomic E-state index is 0.0962. The molecule has 6 aliphatic carbocycles. The van der Waals surface area contributed by atoms with E-state index < -0.39 is 46.4 Å². The Labute approximate surface area is 375 Å². The summed E-state index contributed by atoms with van der Waals surface area (Å²) < 4.78 is 25.0. The number of ether oxygens (including phenoxy) is 4. The Kier molecular flexibility index (Phi) is 10.0. The van der Waals surface area contributed by atoms with Crippen LogP contribution in [0.25, 0.3) is 0 Å². The van der Waals surface area contributed by atoms with Gasteiger partial charge in [0.05, 0.1) is 10.8 Å². The first kappa shape index (κ1) is 41.6. The molecular weight excluding hydrogens is 813 g/mol. The molecule has 10 unspecified atom stereocenters. The smallest absolute Gasteiger partial charge is 0.311 e. The third kappa shape index (κ3) is 5.93. The van der Waals surface area contributed by atoms with Gasteiger partial charge in [0, 0.05) is 49.1 Å². The van der Waals surface area contributed by atoms with Crippen molar-refractivity contribution in [1.29, 1.82) is 0 Å². The zero-order valence-corrected chi connectivity index (χ0v) is 36.9. The maximum absolute atomic E-state index is 13.2. The molecule has 2 saturated carbocycles. The lowest BCUT2D eigenvalue weighted by molar-refractivity contribution is -0.159. The van der Waals surface area contributed by atoms with Crippen molar-refractivity contribution in [3.05, 3.63) is 70.8 Å². The molecule has 2 aromatic rings. The van der Waals surface area contributed by atoms with Crippen LogP contribution in [0.2, 0.25) is 0 Å². The average Bonchev–Trinajstić information content (AvgIpc) is 3.79. The van der Waals surface area contributed by atoms with Crippen molar-refractivity contribution in [3.63, 3.8) is 0 Å². The molecule has 2 aromatic carbocycles. The van der Waals surface area contributed by atoms with Gasteiger partial charge in [0.1, 0.15) is 35.6 Å². The third-order valence-corrected chi connectivity index (χ3v) is 18.1. The summed E-state index contributed by atoms with van der Waals surface area (Å²) in [4.78, 5) is 31.4. The fourth-order valence-electron chi connectivity index (χ4n) is 14.5. The van der Waals surface area contributed by atoms with Crippen LogP contribution in [-0.2, 0) is 33.3 Å². The van der Waals surface area contributed by atoms with Crippen LogP contribution >= 0.6 is 0 Å². The molecule has 10 atom stereocenters. The van der Waals surface area contributed by atoms with Crippen molar-refractivity contribution in [2.75, 3.05) is 26.2 Å². The maximum atomic E-state index is 13.2. The van der Waals surface area contributed by atoms with Crippen molar-refractivity contribution in [2.45, 2.75) is 174 Å². The van der Waals surface area contributed by atoms with Gasteiger partial charge in [-0.15, -0.1) is 0 Å². The first-order valence-corrected chi connectivity index (χ1v) is 24.8.